The number of thioether (sulfide) groups is 1. The van der Waals surface area contributed by atoms with Gasteiger partial charge in [0, 0.05) is 12.6 Å². The van der Waals surface area contributed by atoms with Crippen LogP contribution in [0.4, 0.5) is 4.39 Å². The van der Waals surface area contributed by atoms with Crippen LogP contribution in [0.5, 0.6) is 11.5 Å². The summed E-state index contributed by atoms with van der Waals surface area (Å²) in [6.45, 7) is 3.13. The van der Waals surface area contributed by atoms with Gasteiger partial charge >= 0.3 is 0 Å². The van der Waals surface area contributed by atoms with E-state index in [2.05, 4.69) is 10.2 Å². The number of piperidine rings is 1. The van der Waals surface area contributed by atoms with Gasteiger partial charge in [-0.3, -0.25) is 9.69 Å². The van der Waals surface area contributed by atoms with E-state index < -0.39 is 4.87 Å². The predicted octanol–water partition coefficient (Wildman–Crippen LogP) is 2.66. The van der Waals surface area contributed by atoms with E-state index in [9.17, 15) is 9.18 Å². The van der Waals surface area contributed by atoms with Crippen molar-refractivity contribution in [3.63, 3.8) is 0 Å². The Balaban J connectivity index is 1.31. The molecule has 0 aromatic heterocycles. The molecule has 4 rings (SSSR count). The average molecular weight is 434 g/mol. The number of benzene rings is 1. The van der Waals surface area contributed by atoms with E-state index in [4.69, 9.17) is 15.2 Å². The topological polar surface area (TPSA) is 76.8 Å². The van der Waals surface area contributed by atoms with Crippen LogP contribution < -0.4 is 20.5 Å². The summed E-state index contributed by atoms with van der Waals surface area (Å²) in [5.74, 6) is 0.877. The summed E-state index contributed by atoms with van der Waals surface area (Å²) in [5, 5.41) is 3.38. The number of halogens is 1. The number of rotatable bonds is 6. The predicted molar refractivity (Wildman–Crippen MR) is 116 cm³/mol. The van der Waals surface area contributed by atoms with Gasteiger partial charge in [-0.15, -0.1) is 11.8 Å². The highest BCUT2D eigenvalue weighted by molar-refractivity contribution is 8.00. The minimum absolute atomic E-state index is 0.108. The van der Waals surface area contributed by atoms with Gasteiger partial charge in [0.15, 0.2) is 11.5 Å². The zero-order chi connectivity index (χ0) is 21.1. The van der Waals surface area contributed by atoms with Crippen molar-refractivity contribution < 1.29 is 18.7 Å². The molecule has 1 saturated heterocycles. The first kappa shape index (κ1) is 21.1. The van der Waals surface area contributed by atoms with Gasteiger partial charge < -0.3 is 20.5 Å². The van der Waals surface area contributed by atoms with E-state index in [0.717, 1.165) is 38.9 Å². The summed E-state index contributed by atoms with van der Waals surface area (Å²) in [4.78, 5) is 13.9. The number of dihydropyridines is 1. The average Bonchev–Trinajstić information content (AvgIpc) is 2.75. The largest absolute Gasteiger partial charge is 0.486 e. The number of ether oxygens (including phenoxy) is 2. The summed E-state index contributed by atoms with van der Waals surface area (Å²) in [6.07, 6.45) is 10.4. The van der Waals surface area contributed by atoms with Crippen molar-refractivity contribution in [1.82, 2.24) is 10.2 Å². The number of fused-ring (bicyclic) bond motifs is 1. The second-order valence-electron chi connectivity index (χ2n) is 8.07. The Morgan fingerprint density at radius 2 is 2.17 bits per heavy atom. The minimum Gasteiger partial charge on any atom is -0.486 e. The highest BCUT2D eigenvalue weighted by Gasteiger charge is 2.39. The summed E-state index contributed by atoms with van der Waals surface area (Å²) in [6, 6.07) is 4.37. The highest BCUT2D eigenvalue weighted by Crippen LogP contribution is 2.39. The molecule has 162 valence electrons. The first-order valence-electron chi connectivity index (χ1n) is 10.3. The lowest BCUT2D eigenvalue weighted by Gasteiger charge is -2.41. The Bertz CT molecular complexity index is 854. The molecule has 2 unspecified atom stereocenters. The van der Waals surface area contributed by atoms with Crippen molar-refractivity contribution in [3.05, 3.63) is 47.9 Å². The second kappa shape index (κ2) is 8.89. The van der Waals surface area contributed by atoms with Gasteiger partial charge in [0.05, 0.1) is 5.57 Å². The quantitative estimate of drug-likeness (QED) is 0.718. The van der Waals surface area contributed by atoms with E-state index in [1.54, 1.807) is 17.8 Å². The fourth-order valence-electron chi connectivity index (χ4n) is 4.49. The molecule has 0 radical (unpaired) electrons. The number of hydrogen-bond donors (Lipinski definition) is 2. The van der Waals surface area contributed by atoms with Gasteiger partial charge in [-0.1, -0.05) is 0 Å². The van der Waals surface area contributed by atoms with Crippen LogP contribution in [-0.2, 0) is 4.79 Å². The Morgan fingerprint density at radius 1 is 1.37 bits per heavy atom. The van der Waals surface area contributed by atoms with Gasteiger partial charge in [-0.25, -0.2) is 4.39 Å². The van der Waals surface area contributed by atoms with Gasteiger partial charge in [0.2, 0.25) is 5.91 Å². The standard InChI is InChI=1S/C22H28FN3O3S/c1-30-22(18(21(24)27)3-2-8-25-22)12-15-6-9-26(10-7-15)13-17-14-28-19-5-4-16(23)11-20(19)29-17/h2-5,8,11,15,17,25H,6-7,9-10,12-14H2,1H3,(H2,24,27). The molecule has 6 nitrogen and oxygen atoms in total. The maximum Gasteiger partial charge on any atom is 0.247 e. The summed E-state index contributed by atoms with van der Waals surface area (Å²) in [5.41, 5.74) is 6.28. The molecule has 1 amide bonds. The molecule has 30 heavy (non-hydrogen) atoms. The second-order valence-corrected chi connectivity index (χ2v) is 9.17. The third-order valence-electron chi connectivity index (χ3n) is 6.09. The van der Waals surface area contributed by atoms with Crippen molar-refractivity contribution in [2.75, 3.05) is 32.5 Å². The molecule has 0 saturated carbocycles. The third-order valence-corrected chi connectivity index (χ3v) is 7.30. The van der Waals surface area contributed by atoms with Crippen LogP contribution in [0, 0.1) is 11.7 Å². The normalized spacial score (nSPS) is 26.7. The number of allylic oxidation sites excluding steroid dienone is 2. The fraction of sp³-hybridized carbons (Fsp3) is 0.500. The zero-order valence-corrected chi connectivity index (χ0v) is 17.9. The van der Waals surface area contributed by atoms with Gasteiger partial charge in [0.25, 0.3) is 0 Å². The van der Waals surface area contributed by atoms with Gasteiger partial charge in [-0.2, -0.15) is 0 Å². The molecule has 3 aliphatic heterocycles. The Labute approximate surface area is 180 Å². The van der Waals surface area contributed by atoms with Crippen LogP contribution in [-0.4, -0.2) is 54.3 Å². The molecule has 3 aliphatic rings. The van der Waals surface area contributed by atoms with Crippen molar-refractivity contribution in [1.29, 1.82) is 0 Å². The number of amides is 1. The lowest BCUT2D eigenvalue weighted by molar-refractivity contribution is -0.115. The fourth-order valence-corrected chi connectivity index (χ4v) is 5.47. The maximum absolute atomic E-state index is 13.5. The van der Waals surface area contributed by atoms with Crippen LogP contribution in [0.1, 0.15) is 19.3 Å². The van der Waals surface area contributed by atoms with Crippen LogP contribution in [0.15, 0.2) is 42.1 Å². The number of nitrogens with two attached hydrogens (primary N) is 1. The van der Waals surface area contributed by atoms with Crippen molar-refractivity contribution >= 4 is 17.7 Å². The number of likely N-dealkylation sites (tertiary alicyclic amines) is 1. The molecule has 3 N–H and O–H groups in total. The number of carbonyl (C=O) groups is 1. The Morgan fingerprint density at radius 3 is 2.90 bits per heavy atom. The number of nitrogens with zero attached hydrogens (tertiary/aromatic N) is 1. The summed E-state index contributed by atoms with van der Waals surface area (Å²) < 4.78 is 25.1. The van der Waals surface area contributed by atoms with E-state index in [-0.39, 0.29) is 17.8 Å². The smallest absolute Gasteiger partial charge is 0.247 e. The van der Waals surface area contributed by atoms with E-state index in [0.29, 0.717) is 29.6 Å². The lowest BCUT2D eigenvalue weighted by Crippen LogP contribution is -2.49. The number of hydrogen-bond acceptors (Lipinski definition) is 6. The monoisotopic (exact) mass is 433 g/mol. The van der Waals surface area contributed by atoms with Crippen molar-refractivity contribution in [3.8, 4) is 11.5 Å². The van der Waals surface area contributed by atoms with Crippen LogP contribution in [0.25, 0.3) is 0 Å². The van der Waals surface area contributed by atoms with Crippen molar-refractivity contribution in [2.45, 2.75) is 30.2 Å². The number of nitrogens with one attached hydrogen (secondary N) is 1. The Kier molecular flexibility index (Phi) is 6.24. The van der Waals surface area contributed by atoms with Crippen molar-refractivity contribution in [2.24, 2.45) is 11.7 Å². The summed E-state index contributed by atoms with van der Waals surface area (Å²) >= 11 is 1.63. The molecule has 1 aromatic carbocycles. The molecule has 0 spiro atoms. The molecule has 0 aliphatic carbocycles. The molecular formula is C22H28FN3O3S. The molecule has 1 fully saturated rings. The molecule has 0 bridgehead atoms. The van der Waals surface area contributed by atoms with Crippen LogP contribution in [0.3, 0.4) is 0 Å². The third kappa shape index (κ3) is 4.44. The summed E-state index contributed by atoms with van der Waals surface area (Å²) in [7, 11) is 0. The van der Waals surface area contributed by atoms with Crippen LogP contribution >= 0.6 is 11.8 Å². The molecule has 8 heteroatoms. The first-order chi connectivity index (χ1) is 14.5. The van der Waals surface area contributed by atoms with E-state index in [1.165, 1.54) is 12.1 Å². The highest BCUT2D eigenvalue weighted by atomic mass is 32.2. The van der Waals surface area contributed by atoms with Gasteiger partial charge in [-0.05, 0) is 75.0 Å². The van der Waals surface area contributed by atoms with Gasteiger partial charge in [0.1, 0.15) is 23.4 Å². The van der Waals surface area contributed by atoms with E-state index in [1.807, 2.05) is 24.6 Å². The SMILES string of the molecule is CSC1(CC2CCN(CC3COc4ccc(F)cc4O3)CC2)NC=CC=C1C(N)=O. The maximum atomic E-state index is 13.5. The number of carbonyl (C=O) groups excluding carboxylic acids is 1. The molecular weight excluding hydrogens is 405 g/mol. The minimum atomic E-state index is -0.457. The molecule has 1 aromatic rings. The Hall–Kier alpha value is -2.19. The zero-order valence-electron chi connectivity index (χ0n) is 17.1. The molecule has 3 heterocycles. The van der Waals surface area contributed by atoms with Crippen LogP contribution in [0.2, 0.25) is 0 Å². The number of primary amides is 1. The lowest BCUT2D eigenvalue weighted by atomic mass is 9.86. The van der Waals surface area contributed by atoms with E-state index >= 15 is 0 Å². The first-order valence-corrected chi connectivity index (χ1v) is 11.5. The molecule has 2 atom stereocenters.